The molecule has 2 rings (SSSR count). The molecule has 6 heteroatoms. The van der Waals surface area contributed by atoms with E-state index in [1.165, 1.54) is 11.8 Å². The standard InChI is InChI=1S/C9H13N3O2S/c1-6-10-8(12-11-6)15-5-9(2-3-9)4-7(13)14/h2-5H2,1H3,(H,13,14)(H,10,11,12). The summed E-state index contributed by atoms with van der Waals surface area (Å²) in [6.07, 6.45) is 2.29. The number of carboxylic acids is 1. The van der Waals surface area contributed by atoms with Gasteiger partial charge in [-0.2, -0.15) is 0 Å². The summed E-state index contributed by atoms with van der Waals surface area (Å²) in [4.78, 5) is 14.8. The van der Waals surface area contributed by atoms with E-state index < -0.39 is 5.97 Å². The molecule has 0 aromatic carbocycles. The van der Waals surface area contributed by atoms with Crippen molar-refractivity contribution in [3.05, 3.63) is 5.82 Å². The molecule has 82 valence electrons. The quantitative estimate of drug-likeness (QED) is 0.744. The maximum atomic E-state index is 10.6. The molecule has 0 saturated heterocycles. The van der Waals surface area contributed by atoms with E-state index >= 15 is 0 Å². The minimum Gasteiger partial charge on any atom is -0.481 e. The predicted molar refractivity (Wildman–Crippen MR) is 55.8 cm³/mol. The van der Waals surface area contributed by atoms with Crippen molar-refractivity contribution in [3.63, 3.8) is 0 Å². The van der Waals surface area contributed by atoms with Crippen molar-refractivity contribution < 1.29 is 9.90 Å². The van der Waals surface area contributed by atoms with E-state index in [1.54, 1.807) is 0 Å². The molecule has 5 nitrogen and oxygen atoms in total. The van der Waals surface area contributed by atoms with Crippen LogP contribution in [-0.4, -0.2) is 32.0 Å². The number of H-pyrrole nitrogens is 1. The first kappa shape index (κ1) is 10.5. The fourth-order valence-corrected chi connectivity index (χ4v) is 2.61. The Morgan fingerprint density at radius 3 is 2.87 bits per heavy atom. The minimum atomic E-state index is -0.709. The maximum Gasteiger partial charge on any atom is 0.303 e. The number of aryl methyl sites for hydroxylation is 1. The molecule has 1 aliphatic carbocycles. The minimum absolute atomic E-state index is 0.00499. The van der Waals surface area contributed by atoms with Gasteiger partial charge in [-0.3, -0.25) is 9.89 Å². The van der Waals surface area contributed by atoms with Crippen LogP contribution in [0.4, 0.5) is 0 Å². The number of carboxylic acid groups (broad SMARTS) is 1. The van der Waals surface area contributed by atoms with Crippen molar-refractivity contribution >= 4 is 17.7 Å². The first-order valence-corrected chi connectivity index (χ1v) is 5.82. The van der Waals surface area contributed by atoms with Gasteiger partial charge in [0.1, 0.15) is 5.82 Å². The van der Waals surface area contributed by atoms with Crippen LogP contribution < -0.4 is 0 Å². The average molecular weight is 227 g/mol. The molecule has 0 bridgehead atoms. The third-order valence-electron chi connectivity index (χ3n) is 2.57. The van der Waals surface area contributed by atoms with Crippen LogP contribution >= 0.6 is 11.8 Å². The summed E-state index contributed by atoms with van der Waals surface area (Å²) in [5.74, 6) is 0.885. The molecule has 1 aromatic heterocycles. The van der Waals surface area contributed by atoms with E-state index in [4.69, 9.17) is 5.11 Å². The molecule has 0 amide bonds. The van der Waals surface area contributed by atoms with E-state index in [2.05, 4.69) is 15.2 Å². The van der Waals surface area contributed by atoms with E-state index in [9.17, 15) is 4.79 Å². The Labute approximate surface area is 91.7 Å². The second kappa shape index (κ2) is 3.84. The van der Waals surface area contributed by atoms with Gasteiger partial charge in [-0.05, 0) is 25.2 Å². The molecule has 0 aliphatic heterocycles. The van der Waals surface area contributed by atoms with Crippen LogP contribution in [0.5, 0.6) is 0 Å². The van der Waals surface area contributed by atoms with Crippen molar-refractivity contribution in [2.24, 2.45) is 5.41 Å². The number of rotatable bonds is 5. The van der Waals surface area contributed by atoms with Crippen LogP contribution in [0.1, 0.15) is 25.1 Å². The predicted octanol–water partition coefficient (Wildman–Crippen LogP) is 1.46. The van der Waals surface area contributed by atoms with Crippen molar-refractivity contribution in [2.75, 3.05) is 5.75 Å². The first-order valence-electron chi connectivity index (χ1n) is 4.83. The molecule has 0 atom stereocenters. The number of thioether (sulfide) groups is 1. The van der Waals surface area contributed by atoms with E-state index in [1.807, 2.05) is 6.92 Å². The third kappa shape index (κ3) is 2.71. The SMILES string of the molecule is Cc1nc(SCC2(CC(=O)O)CC2)n[nH]1. The van der Waals surface area contributed by atoms with Crippen LogP contribution in [0.15, 0.2) is 5.16 Å². The van der Waals surface area contributed by atoms with Gasteiger partial charge in [0.15, 0.2) is 0 Å². The van der Waals surface area contributed by atoms with Gasteiger partial charge in [-0.25, -0.2) is 4.98 Å². The average Bonchev–Trinajstić information content (AvgIpc) is 2.77. The number of hydrogen-bond donors (Lipinski definition) is 2. The topological polar surface area (TPSA) is 78.9 Å². The fraction of sp³-hybridized carbons (Fsp3) is 0.667. The molecule has 1 aromatic rings. The molecular weight excluding hydrogens is 214 g/mol. The Bertz CT molecular complexity index is 373. The molecule has 0 radical (unpaired) electrons. The highest BCUT2D eigenvalue weighted by molar-refractivity contribution is 7.99. The fourth-order valence-electron chi connectivity index (χ4n) is 1.47. The van der Waals surface area contributed by atoms with Crippen LogP contribution in [0.25, 0.3) is 0 Å². The lowest BCUT2D eigenvalue weighted by molar-refractivity contribution is -0.138. The van der Waals surface area contributed by atoms with Gasteiger partial charge in [-0.1, -0.05) is 11.8 Å². The van der Waals surface area contributed by atoms with Crippen LogP contribution in [0.3, 0.4) is 0 Å². The molecule has 15 heavy (non-hydrogen) atoms. The number of aliphatic carboxylic acids is 1. The molecule has 1 aliphatic rings. The lowest BCUT2D eigenvalue weighted by Gasteiger charge is -2.09. The Hall–Kier alpha value is -1.04. The Balaban J connectivity index is 1.85. The van der Waals surface area contributed by atoms with E-state index in [0.717, 1.165) is 24.4 Å². The normalized spacial score (nSPS) is 17.7. The smallest absolute Gasteiger partial charge is 0.303 e. The van der Waals surface area contributed by atoms with Crippen LogP contribution in [-0.2, 0) is 4.79 Å². The zero-order chi connectivity index (χ0) is 10.9. The summed E-state index contributed by atoms with van der Waals surface area (Å²) in [7, 11) is 0. The zero-order valence-electron chi connectivity index (χ0n) is 8.49. The molecule has 1 fully saturated rings. The molecule has 1 saturated carbocycles. The largest absolute Gasteiger partial charge is 0.481 e. The summed E-state index contributed by atoms with van der Waals surface area (Å²) in [5.41, 5.74) is 0.00499. The van der Waals surface area contributed by atoms with E-state index in [0.29, 0.717) is 5.16 Å². The summed E-state index contributed by atoms with van der Waals surface area (Å²) < 4.78 is 0. The van der Waals surface area contributed by atoms with Crippen molar-refractivity contribution in [3.8, 4) is 0 Å². The molecular formula is C9H13N3O2S. The monoisotopic (exact) mass is 227 g/mol. The van der Waals surface area contributed by atoms with Crippen molar-refractivity contribution in [1.29, 1.82) is 0 Å². The summed E-state index contributed by atoms with van der Waals surface area (Å²) >= 11 is 1.54. The molecule has 2 N–H and O–H groups in total. The highest BCUT2D eigenvalue weighted by Crippen LogP contribution is 2.51. The van der Waals surface area contributed by atoms with Crippen molar-refractivity contribution in [2.45, 2.75) is 31.3 Å². The number of hydrogen-bond acceptors (Lipinski definition) is 4. The van der Waals surface area contributed by atoms with E-state index in [-0.39, 0.29) is 11.8 Å². The van der Waals surface area contributed by atoms with Crippen molar-refractivity contribution in [1.82, 2.24) is 15.2 Å². The molecule has 0 spiro atoms. The zero-order valence-corrected chi connectivity index (χ0v) is 9.30. The van der Waals surface area contributed by atoms with Crippen LogP contribution in [0, 0.1) is 12.3 Å². The number of nitrogens with zero attached hydrogens (tertiary/aromatic N) is 2. The highest BCUT2D eigenvalue weighted by Gasteiger charge is 2.44. The number of aromatic amines is 1. The maximum absolute atomic E-state index is 10.6. The Kier molecular flexibility index (Phi) is 2.68. The van der Waals surface area contributed by atoms with Gasteiger partial charge in [0, 0.05) is 5.75 Å². The van der Waals surface area contributed by atoms with Gasteiger partial charge in [0.2, 0.25) is 5.16 Å². The Morgan fingerprint density at radius 2 is 2.40 bits per heavy atom. The van der Waals surface area contributed by atoms with Gasteiger partial charge in [0.25, 0.3) is 0 Å². The van der Waals surface area contributed by atoms with Gasteiger partial charge in [0.05, 0.1) is 6.42 Å². The summed E-state index contributed by atoms with van der Waals surface area (Å²) in [6, 6.07) is 0. The second-order valence-corrected chi connectivity index (χ2v) is 5.01. The molecule has 0 unspecified atom stereocenters. The highest BCUT2D eigenvalue weighted by atomic mass is 32.2. The number of carbonyl (C=O) groups is 1. The third-order valence-corrected chi connectivity index (χ3v) is 3.76. The van der Waals surface area contributed by atoms with Gasteiger partial charge < -0.3 is 5.11 Å². The van der Waals surface area contributed by atoms with Gasteiger partial charge in [-0.15, -0.1) is 5.10 Å². The molecule has 1 heterocycles. The lowest BCUT2D eigenvalue weighted by Crippen LogP contribution is -2.11. The summed E-state index contributed by atoms with van der Waals surface area (Å²) in [5, 5.41) is 16.2. The van der Waals surface area contributed by atoms with Gasteiger partial charge >= 0.3 is 5.97 Å². The number of aromatic nitrogens is 3. The van der Waals surface area contributed by atoms with Crippen LogP contribution in [0.2, 0.25) is 0 Å². The summed E-state index contributed by atoms with van der Waals surface area (Å²) in [6.45, 7) is 1.85. The second-order valence-electron chi connectivity index (χ2n) is 4.06. The number of nitrogens with one attached hydrogen (secondary N) is 1. The lowest BCUT2D eigenvalue weighted by atomic mass is 10.1. The first-order chi connectivity index (χ1) is 7.10. The Morgan fingerprint density at radius 1 is 1.67 bits per heavy atom.